The number of carbonyl (C=O) groups excluding carboxylic acids is 1. The van der Waals surface area contributed by atoms with Gasteiger partial charge in [0.05, 0.1) is 0 Å². The molecule has 2 aromatic heterocycles. The number of carbonyl (C=O) groups is 1. The van der Waals surface area contributed by atoms with Crippen molar-refractivity contribution in [3.63, 3.8) is 0 Å². The molecule has 0 spiro atoms. The Morgan fingerprint density at radius 3 is 2.89 bits per heavy atom. The van der Waals surface area contributed by atoms with E-state index in [1.807, 2.05) is 43.8 Å². The number of nitrogens with zero attached hydrogens (tertiary/aromatic N) is 3. The van der Waals surface area contributed by atoms with Crippen LogP contribution in [0.5, 0.6) is 0 Å². The van der Waals surface area contributed by atoms with E-state index < -0.39 is 0 Å². The third-order valence-electron chi connectivity index (χ3n) is 2.87. The largest absolute Gasteiger partial charge is 0.344 e. The maximum Gasteiger partial charge on any atom is 0.246 e. The summed E-state index contributed by atoms with van der Waals surface area (Å²) >= 11 is 0. The van der Waals surface area contributed by atoms with Gasteiger partial charge in [-0.05, 0) is 12.5 Å². The van der Waals surface area contributed by atoms with Crippen molar-refractivity contribution in [2.75, 3.05) is 0 Å². The van der Waals surface area contributed by atoms with Crippen LogP contribution in [-0.2, 0) is 6.54 Å². The highest BCUT2D eigenvalue weighted by Gasteiger charge is 2.11. The summed E-state index contributed by atoms with van der Waals surface area (Å²) < 4.78 is 7.07. The Hall–Kier alpha value is -1.91. The summed E-state index contributed by atoms with van der Waals surface area (Å²) in [5.74, 6) is 1.71. The molecule has 0 aliphatic carbocycles. The molecule has 0 saturated carbocycles. The maximum atomic E-state index is 11.7. The predicted octanol–water partition coefficient (Wildman–Crippen LogP) is 3.03. The average molecular weight is 261 g/mol. The van der Waals surface area contributed by atoms with E-state index in [1.165, 1.54) is 0 Å². The summed E-state index contributed by atoms with van der Waals surface area (Å²) in [5.41, 5.74) is 0.741. The molecule has 2 rings (SSSR count). The van der Waals surface area contributed by atoms with E-state index in [4.69, 9.17) is 4.52 Å². The highest BCUT2D eigenvalue weighted by molar-refractivity contribution is 5.95. The molecule has 0 saturated heterocycles. The molecule has 0 fully saturated rings. The van der Waals surface area contributed by atoms with E-state index in [-0.39, 0.29) is 11.7 Å². The zero-order valence-electron chi connectivity index (χ0n) is 11.6. The molecule has 0 N–H and O–H groups in total. The van der Waals surface area contributed by atoms with Crippen molar-refractivity contribution in [1.29, 1.82) is 0 Å². The standard InChI is InChI=1S/C14H19N3O2/c1-4-5-12(18)11-6-7-17(8-11)9-13-15-14(10(2)3)16-19-13/h6-8,10H,4-5,9H2,1-3H3. The van der Waals surface area contributed by atoms with Crippen molar-refractivity contribution in [3.05, 3.63) is 35.7 Å². The molecule has 5 nitrogen and oxygen atoms in total. The number of hydrogen-bond donors (Lipinski definition) is 0. The van der Waals surface area contributed by atoms with Gasteiger partial charge in [0, 0.05) is 30.3 Å². The van der Waals surface area contributed by atoms with Gasteiger partial charge < -0.3 is 9.09 Å². The van der Waals surface area contributed by atoms with Gasteiger partial charge in [-0.15, -0.1) is 0 Å². The Kier molecular flexibility index (Phi) is 4.14. The minimum atomic E-state index is 0.176. The van der Waals surface area contributed by atoms with E-state index >= 15 is 0 Å². The van der Waals surface area contributed by atoms with Crippen molar-refractivity contribution in [2.45, 2.75) is 46.1 Å². The molecule has 0 amide bonds. The molecular formula is C14H19N3O2. The summed E-state index contributed by atoms with van der Waals surface area (Å²) in [7, 11) is 0. The van der Waals surface area contributed by atoms with Crippen molar-refractivity contribution in [3.8, 4) is 0 Å². The van der Waals surface area contributed by atoms with E-state index in [1.54, 1.807) is 0 Å². The summed E-state index contributed by atoms with van der Waals surface area (Å²) in [5, 5.41) is 3.92. The lowest BCUT2D eigenvalue weighted by molar-refractivity contribution is 0.0981. The first-order valence-electron chi connectivity index (χ1n) is 6.61. The Labute approximate surface area is 112 Å². The Balaban J connectivity index is 2.04. The van der Waals surface area contributed by atoms with Gasteiger partial charge in [0.25, 0.3) is 0 Å². The average Bonchev–Trinajstić information content (AvgIpc) is 2.99. The van der Waals surface area contributed by atoms with E-state index in [2.05, 4.69) is 10.1 Å². The fourth-order valence-electron chi connectivity index (χ4n) is 1.80. The second-order valence-electron chi connectivity index (χ2n) is 4.95. The van der Waals surface area contributed by atoms with Crippen LogP contribution in [0.4, 0.5) is 0 Å². The van der Waals surface area contributed by atoms with Crippen LogP contribution >= 0.6 is 0 Å². The summed E-state index contributed by atoms with van der Waals surface area (Å²) in [6, 6.07) is 1.83. The highest BCUT2D eigenvalue weighted by Crippen LogP contribution is 2.12. The molecule has 2 aromatic rings. The molecule has 19 heavy (non-hydrogen) atoms. The van der Waals surface area contributed by atoms with E-state index in [0.29, 0.717) is 24.7 Å². The van der Waals surface area contributed by atoms with E-state index in [0.717, 1.165) is 12.0 Å². The number of aromatic nitrogens is 3. The second-order valence-corrected chi connectivity index (χ2v) is 4.95. The molecule has 5 heteroatoms. The first-order chi connectivity index (χ1) is 9.10. The molecule has 2 heterocycles. The van der Waals surface area contributed by atoms with Gasteiger partial charge in [-0.3, -0.25) is 4.79 Å². The minimum absolute atomic E-state index is 0.176. The second kappa shape index (κ2) is 5.82. The molecule has 102 valence electrons. The quantitative estimate of drug-likeness (QED) is 0.750. The third-order valence-corrected chi connectivity index (χ3v) is 2.87. The number of rotatable bonds is 6. The van der Waals surface area contributed by atoms with Crippen LogP contribution in [0.2, 0.25) is 0 Å². The summed E-state index contributed by atoms with van der Waals surface area (Å²) in [6.45, 7) is 6.54. The minimum Gasteiger partial charge on any atom is -0.344 e. The first-order valence-corrected chi connectivity index (χ1v) is 6.61. The Morgan fingerprint density at radius 1 is 1.47 bits per heavy atom. The summed E-state index contributed by atoms with van der Waals surface area (Å²) in [4.78, 5) is 16.1. The normalized spacial score (nSPS) is 11.2. The van der Waals surface area contributed by atoms with Crippen LogP contribution in [0.3, 0.4) is 0 Å². The van der Waals surface area contributed by atoms with E-state index in [9.17, 15) is 4.79 Å². The van der Waals surface area contributed by atoms with Crippen LogP contribution in [0.25, 0.3) is 0 Å². The number of ketones is 1. The third kappa shape index (κ3) is 3.30. The molecule has 0 radical (unpaired) electrons. The Morgan fingerprint density at radius 2 is 2.26 bits per heavy atom. The molecule has 0 aliphatic heterocycles. The van der Waals surface area contributed by atoms with Crippen molar-refractivity contribution < 1.29 is 9.32 Å². The predicted molar refractivity (Wildman–Crippen MR) is 71.2 cm³/mol. The fraction of sp³-hybridized carbons (Fsp3) is 0.500. The SMILES string of the molecule is CCCC(=O)c1ccn(Cc2nc(C(C)C)no2)c1. The van der Waals surface area contributed by atoms with Crippen LogP contribution in [0.15, 0.2) is 23.0 Å². The lowest BCUT2D eigenvalue weighted by atomic mass is 10.1. The molecule has 0 atom stereocenters. The molecule has 0 unspecified atom stereocenters. The van der Waals surface area contributed by atoms with Gasteiger partial charge in [-0.2, -0.15) is 4.98 Å². The van der Waals surface area contributed by atoms with Gasteiger partial charge in [0.15, 0.2) is 11.6 Å². The Bertz CT molecular complexity index is 555. The molecular weight excluding hydrogens is 242 g/mol. The van der Waals surface area contributed by atoms with Gasteiger partial charge in [0.2, 0.25) is 5.89 Å². The van der Waals surface area contributed by atoms with Crippen molar-refractivity contribution in [2.24, 2.45) is 0 Å². The molecule has 0 aromatic carbocycles. The zero-order valence-corrected chi connectivity index (χ0v) is 11.6. The van der Waals surface area contributed by atoms with Gasteiger partial charge in [-0.1, -0.05) is 25.9 Å². The first kappa shape index (κ1) is 13.5. The maximum absolute atomic E-state index is 11.7. The van der Waals surface area contributed by atoms with Crippen molar-refractivity contribution in [1.82, 2.24) is 14.7 Å². The smallest absolute Gasteiger partial charge is 0.246 e. The monoisotopic (exact) mass is 261 g/mol. The number of Topliss-reactive ketones (excluding diaryl/α,β-unsaturated/α-hetero) is 1. The van der Waals surface area contributed by atoms with Crippen LogP contribution < -0.4 is 0 Å². The van der Waals surface area contributed by atoms with Crippen LogP contribution in [-0.4, -0.2) is 20.5 Å². The van der Waals surface area contributed by atoms with Crippen LogP contribution in [0, 0.1) is 0 Å². The highest BCUT2D eigenvalue weighted by atomic mass is 16.5. The van der Waals surface area contributed by atoms with Gasteiger partial charge in [-0.25, -0.2) is 0 Å². The number of hydrogen-bond acceptors (Lipinski definition) is 4. The van der Waals surface area contributed by atoms with Gasteiger partial charge >= 0.3 is 0 Å². The lowest BCUT2D eigenvalue weighted by Gasteiger charge is -1.97. The van der Waals surface area contributed by atoms with Crippen molar-refractivity contribution >= 4 is 5.78 Å². The van der Waals surface area contributed by atoms with Crippen LogP contribution in [0.1, 0.15) is 61.6 Å². The molecule has 0 aliphatic rings. The van der Waals surface area contributed by atoms with Gasteiger partial charge in [0.1, 0.15) is 6.54 Å². The zero-order chi connectivity index (χ0) is 13.8. The molecule has 0 bridgehead atoms. The summed E-state index contributed by atoms with van der Waals surface area (Å²) in [6.07, 6.45) is 5.15. The fourth-order valence-corrected chi connectivity index (χ4v) is 1.80. The lowest BCUT2D eigenvalue weighted by Crippen LogP contribution is -1.99. The topological polar surface area (TPSA) is 60.9 Å².